The van der Waals surface area contributed by atoms with E-state index in [-0.39, 0.29) is 18.0 Å². The highest BCUT2D eigenvalue weighted by atomic mass is 16.2. The molecule has 0 aliphatic rings. The number of carbonyl (C=O) groups is 1. The lowest BCUT2D eigenvalue weighted by Crippen LogP contribution is -2.45. The minimum atomic E-state index is -0.106. The van der Waals surface area contributed by atoms with Gasteiger partial charge in [-0.15, -0.1) is 0 Å². The van der Waals surface area contributed by atoms with E-state index in [0.717, 1.165) is 5.56 Å². The third-order valence-electron chi connectivity index (χ3n) is 2.71. The van der Waals surface area contributed by atoms with Crippen molar-refractivity contribution in [1.82, 2.24) is 15.2 Å². The SMILES string of the molecule is CC(C)(C)NCC(=O)N(CCC#N)Cc1cccnc1. The Bertz CT molecular complexity index is 459. The molecular formula is C15H22N4O. The summed E-state index contributed by atoms with van der Waals surface area (Å²) < 4.78 is 0. The zero-order chi connectivity index (χ0) is 15.0. The van der Waals surface area contributed by atoms with Gasteiger partial charge in [-0.05, 0) is 32.4 Å². The molecule has 5 heteroatoms. The Hall–Kier alpha value is -1.93. The molecule has 0 aliphatic carbocycles. The molecule has 0 radical (unpaired) electrons. The van der Waals surface area contributed by atoms with E-state index >= 15 is 0 Å². The number of hydrogen-bond acceptors (Lipinski definition) is 4. The van der Waals surface area contributed by atoms with Crippen LogP contribution in [-0.4, -0.2) is 34.4 Å². The van der Waals surface area contributed by atoms with Crippen molar-refractivity contribution in [2.45, 2.75) is 39.3 Å². The largest absolute Gasteiger partial charge is 0.336 e. The van der Waals surface area contributed by atoms with Crippen LogP contribution in [0.4, 0.5) is 0 Å². The van der Waals surface area contributed by atoms with Crippen LogP contribution in [0.25, 0.3) is 0 Å². The summed E-state index contributed by atoms with van der Waals surface area (Å²) in [6.45, 7) is 7.24. The van der Waals surface area contributed by atoms with Crippen molar-refractivity contribution in [3.05, 3.63) is 30.1 Å². The van der Waals surface area contributed by atoms with Gasteiger partial charge in [0.1, 0.15) is 0 Å². The third-order valence-corrected chi connectivity index (χ3v) is 2.71. The van der Waals surface area contributed by atoms with Gasteiger partial charge in [-0.3, -0.25) is 9.78 Å². The van der Waals surface area contributed by atoms with E-state index in [9.17, 15) is 4.79 Å². The van der Waals surface area contributed by atoms with Gasteiger partial charge in [0.25, 0.3) is 0 Å². The van der Waals surface area contributed by atoms with Crippen LogP contribution in [-0.2, 0) is 11.3 Å². The van der Waals surface area contributed by atoms with E-state index in [0.29, 0.717) is 19.5 Å². The summed E-state index contributed by atoms with van der Waals surface area (Å²) in [4.78, 5) is 18.0. The minimum Gasteiger partial charge on any atom is -0.336 e. The molecule has 108 valence electrons. The average molecular weight is 274 g/mol. The molecular weight excluding hydrogens is 252 g/mol. The highest BCUT2D eigenvalue weighted by Crippen LogP contribution is 2.05. The summed E-state index contributed by atoms with van der Waals surface area (Å²) in [5.74, 6) is -0.000900. The fraction of sp³-hybridized carbons (Fsp3) is 0.533. The van der Waals surface area contributed by atoms with E-state index < -0.39 is 0 Å². The third kappa shape index (κ3) is 6.30. The fourth-order valence-corrected chi connectivity index (χ4v) is 1.64. The second kappa shape index (κ2) is 7.61. The smallest absolute Gasteiger partial charge is 0.236 e. The summed E-state index contributed by atoms with van der Waals surface area (Å²) in [5, 5.41) is 11.9. The van der Waals surface area contributed by atoms with Crippen LogP contribution in [0.2, 0.25) is 0 Å². The topological polar surface area (TPSA) is 69.0 Å². The Morgan fingerprint density at radius 2 is 2.25 bits per heavy atom. The highest BCUT2D eigenvalue weighted by Gasteiger charge is 2.17. The number of hydrogen-bond donors (Lipinski definition) is 1. The lowest BCUT2D eigenvalue weighted by atomic mass is 10.1. The maximum atomic E-state index is 12.2. The van der Waals surface area contributed by atoms with Crippen molar-refractivity contribution >= 4 is 5.91 Å². The molecule has 5 nitrogen and oxygen atoms in total. The van der Waals surface area contributed by atoms with Gasteiger partial charge in [0.05, 0.1) is 19.0 Å². The van der Waals surface area contributed by atoms with E-state index in [1.54, 1.807) is 17.3 Å². The van der Waals surface area contributed by atoms with Crippen LogP contribution in [0, 0.1) is 11.3 Å². The molecule has 1 aromatic rings. The van der Waals surface area contributed by atoms with E-state index in [1.165, 1.54) is 0 Å². The van der Waals surface area contributed by atoms with Gasteiger partial charge in [-0.1, -0.05) is 6.07 Å². The van der Waals surface area contributed by atoms with Crippen LogP contribution in [0.3, 0.4) is 0 Å². The molecule has 0 aliphatic heterocycles. The van der Waals surface area contributed by atoms with Gasteiger partial charge >= 0.3 is 0 Å². The molecule has 0 saturated heterocycles. The molecule has 1 rings (SSSR count). The minimum absolute atomic E-state index is 0.000900. The molecule has 1 amide bonds. The molecule has 0 atom stereocenters. The Morgan fingerprint density at radius 1 is 1.50 bits per heavy atom. The first kappa shape index (κ1) is 16.1. The van der Waals surface area contributed by atoms with Gasteiger partial charge in [0.15, 0.2) is 0 Å². The average Bonchev–Trinajstić information content (AvgIpc) is 2.41. The normalized spacial score (nSPS) is 10.9. The molecule has 1 heterocycles. The molecule has 0 saturated carbocycles. The number of nitrogens with zero attached hydrogens (tertiary/aromatic N) is 3. The zero-order valence-corrected chi connectivity index (χ0v) is 12.4. The molecule has 0 unspecified atom stereocenters. The number of pyridine rings is 1. The van der Waals surface area contributed by atoms with Gasteiger partial charge in [-0.25, -0.2) is 0 Å². The molecule has 0 bridgehead atoms. The maximum absolute atomic E-state index is 12.2. The van der Waals surface area contributed by atoms with Crippen molar-refractivity contribution < 1.29 is 4.79 Å². The first-order chi connectivity index (χ1) is 9.42. The second-order valence-electron chi connectivity index (χ2n) is 5.69. The van der Waals surface area contributed by atoms with Gasteiger partial charge in [0, 0.05) is 31.0 Å². The number of aromatic nitrogens is 1. The molecule has 1 N–H and O–H groups in total. The van der Waals surface area contributed by atoms with Crippen molar-refractivity contribution in [3.63, 3.8) is 0 Å². The summed E-state index contributed by atoms with van der Waals surface area (Å²) >= 11 is 0. The van der Waals surface area contributed by atoms with Crippen molar-refractivity contribution in [2.24, 2.45) is 0 Å². The van der Waals surface area contributed by atoms with Gasteiger partial charge < -0.3 is 10.2 Å². The lowest BCUT2D eigenvalue weighted by Gasteiger charge is -2.25. The van der Waals surface area contributed by atoms with Crippen LogP contribution < -0.4 is 5.32 Å². The number of amides is 1. The predicted molar refractivity (Wildman–Crippen MR) is 77.6 cm³/mol. The zero-order valence-electron chi connectivity index (χ0n) is 12.4. The summed E-state index contributed by atoms with van der Waals surface area (Å²) in [6, 6.07) is 5.85. The molecule has 0 aromatic carbocycles. The lowest BCUT2D eigenvalue weighted by molar-refractivity contribution is -0.131. The predicted octanol–water partition coefficient (Wildman–Crippen LogP) is 1.71. The van der Waals surface area contributed by atoms with E-state index in [4.69, 9.17) is 5.26 Å². The number of nitriles is 1. The molecule has 0 spiro atoms. The van der Waals surface area contributed by atoms with Crippen LogP contribution in [0.15, 0.2) is 24.5 Å². The summed E-state index contributed by atoms with van der Waals surface area (Å²) in [7, 11) is 0. The standard InChI is InChI=1S/C15H22N4O/c1-15(2,3)18-11-14(20)19(9-5-7-16)12-13-6-4-8-17-10-13/h4,6,8,10,18H,5,9,11-12H2,1-3H3. The highest BCUT2D eigenvalue weighted by molar-refractivity contribution is 5.78. The van der Waals surface area contributed by atoms with Crippen LogP contribution in [0.1, 0.15) is 32.8 Å². The number of rotatable bonds is 6. The maximum Gasteiger partial charge on any atom is 0.236 e. The fourth-order valence-electron chi connectivity index (χ4n) is 1.64. The quantitative estimate of drug-likeness (QED) is 0.857. The van der Waals surface area contributed by atoms with Crippen molar-refractivity contribution in [3.8, 4) is 6.07 Å². The Balaban J connectivity index is 2.64. The second-order valence-corrected chi connectivity index (χ2v) is 5.69. The molecule has 20 heavy (non-hydrogen) atoms. The Morgan fingerprint density at radius 3 is 2.80 bits per heavy atom. The number of carbonyl (C=O) groups excluding carboxylic acids is 1. The monoisotopic (exact) mass is 274 g/mol. The van der Waals surface area contributed by atoms with Crippen LogP contribution in [0.5, 0.6) is 0 Å². The van der Waals surface area contributed by atoms with Crippen LogP contribution >= 0.6 is 0 Å². The number of nitrogens with one attached hydrogen (secondary N) is 1. The first-order valence-corrected chi connectivity index (χ1v) is 6.71. The summed E-state index contributed by atoms with van der Waals surface area (Å²) in [5.41, 5.74) is 0.861. The first-order valence-electron chi connectivity index (χ1n) is 6.71. The van der Waals surface area contributed by atoms with E-state index in [1.807, 2.05) is 32.9 Å². The van der Waals surface area contributed by atoms with E-state index in [2.05, 4.69) is 16.4 Å². The van der Waals surface area contributed by atoms with Gasteiger partial charge in [-0.2, -0.15) is 5.26 Å². The van der Waals surface area contributed by atoms with Gasteiger partial charge in [0.2, 0.25) is 5.91 Å². The molecule has 1 aromatic heterocycles. The van der Waals surface area contributed by atoms with Crippen molar-refractivity contribution in [1.29, 1.82) is 5.26 Å². The molecule has 0 fully saturated rings. The summed E-state index contributed by atoms with van der Waals surface area (Å²) in [6.07, 6.45) is 3.78. The Labute approximate surface area is 120 Å². The Kier molecular flexibility index (Phi) is 6.13. The van der Waals surface area contributed by atoms with Crippen molar-refractivity contribution in [2.75, 3.05) is 13.1 Å².